The molecule has 18 heavy (non-hydrogen) atoms. The summed E-state index contributed by atoms with van der Waals surface area (Å²) in [5.41, 5.74) is -0.418. The molecule has 102 valence electrons. The summed E-state index contributed by atoms with van der Waals surface area (Å²) >= 11 is 6.05. The number of Topliss-reactive ketones (excluding diaryl/α,β-unsaturated/α-hetero) is 1. The van der Waals surface area contributed by atoms with E-state index in [9.17, 15) is 15.0 Å². The number of carbonyl (C=O) groups is 1. The average molecular weight is 277 g/mol. The minimum Gasteiger partial charge on any atom is -0.490 e. The van der Waals surface area contributed by atoms with E-state index in [1.165, 1.54) is 7.11 Å². The van der Waals surface area contributed by atoms with Gasteiger partial charge in [0, 0.05) is 7.11 Å². The number of rotatable bonds is 1. The Morgan fingerprint density at radius 2 is 2.00 bits per heavy atom. The number of aliphatic hydroxyl groups excluding tert-OH is 2. The van der Waals surface area contributed by atoms with Crippen LogP contribution in [0.2, 0.25) is 0 Å². The quantitative estimate of drug-likeness (QED) is 0.677. The van der Waals surface area contributed by atoms with E-state index >= 15 is 0 Å². The topological polar surface area (TPSA) is 76.0 Å². The summed E-state index contributed by atoms with van der Waals surface area (Å²) < 4.78 is 10.8. The van der Waals surface area contributed by atoms with E-state index < -0.39 is 29.3 Å². The van der Waals surface area contributed by atoms with Gasteiger partial charge in [-0.1, -0.05) is 0 Å². The maximum absolute atomic E-state index is 12.1. The van der Waals surface area contributed by atoms with Crippen LogP contribution in [0.3, 0.4) is 0 Å². The largest absolute Gasteiger partial charge is 0.490 e. The predicted octanol–water partition coefficient (Wildman–Crippen LogP) is 0.366. The fourth-order valence-corrected chi connectivity index (χ4v) is 2.76. The van der Waals surface area contributed by atoms with E-state index in [1.807, 2.05) is 0 Å². The number of aliphatic hydroxyl groups is 2. The van der Waals surface area contributed by atoms with Gasteiger partial charge >= 0.3 is 0 Å². The molecule has 1 aliphatic carbocycles. The number of ketones is 1. The third-order valence-corrected chi connectivity index (χ3v) is 3.74. The molecule has 0 fully saturated rings. The molecule has 0 saturated carbocycles. The highest BCUT2D eigenvalue weighted by Crippen LogP contribution is 2.40. The number of methoxy groups -OCH3 is 1. The van der Waals surface area contributed by atoms with Crippen molar-refractivity contribution in [1.29, 1.82) is 0 Å². The van der Waals surface area contributed by atoms with E-state index in [0.29, 0.717) is 0 Å². The molecule has 0 saturated heterocycles. The Labute approximate surface area is 110 Å². The smallest absolute Gasteiger partial charge is 0.168 e. The minimum absolute atomic E-state index is 0.162. The van der Waals surface area contributed by atoms with Crippen molar-refractivity contribution in [1.82, 2.24) is 0 Å². The van der Waals surface area contributed by atoms with Crippen LogP contribution in [0.1, 0.15) is 20.3 Å². The first-order chi connectivity index (χ1) is 8.28. The molecule has 0 aromatic carbocycles. The molecule has 0 unspecified atom stereocenters. The molecule has 0 spiro atoms. The number of ether oxygens (including phenoxy) is 2. The summed E-state index contributed by atoms with van der Waals surface area (Å²) in [5, 5.41) is 18.8. The zero-order valence-electron chi connectivity index (χ0n) is 10.5. The average Bonchev–Trinajstić information content (AvgIpc) is 2.27. The fraction of sp³-hybridized carbons (Fsp3) is 0.750. The van der Waals surface area contributed by atoms with Gasteiger partial charge in [0.15, 0.2) is 5.78 Å². The number of hydrogen-bond acceptors (Lipinski definition) is 5. The minimum atomic E-state index is -1.23. The van der Waals surface area contributed by atoms with E-state index in [1.54, 1.807) is 13.8 Å². The molecule has 0 aromatic rings. The van der Waals surface area contributed by atoms with Crippen molar-refractivity contribution in [2.75, 3.05) is 7.11 Å². The SMILES string of the molecule is CO[C@H]1C2=C(OC(C)(C)CC2=O)[C@@H](Cl)[C@H](O)[C@H]1O. The molecule has 0 bridgehead atoms. The van der Waals surface area contributed by atoms with Crippen LogP contribution in [-0.2, 0) is 14.3 Å². The van der Waals surface area contributed by atoms with Crippen LogP contribution in [0.15, 0.2) is 11.3 Å². The van der Waals surface area contributed by atoms with E-state index in [2.05, 4.69) is 0 Å². The Hall–Kier alpha value is -0.620. The third kappa shape index (κ3) is 2.05. The van der Waals surface area contributed by atoms with E-state index in [-0.39, 0.29) is 23.5 Å². The molecular formula is C12H17ClO5. The lowest BCUT2D eigenvalue weighted by Crippen LogP contribution is -2.54. The second kappa shape index (κ2) is 4.49. The lowest BCUT2D eigenvalue weighted by Gasteiger charge is -2.43. The third-order valence-electron chi connectivity index (χ3n) is 3.29. The highest BCUT2D eigenvalue weighted by molar-refractivity contribution is 6.23. The molecular weight excluding hydrogens is 260 g/mol. The lowest BCUT2D eigenvalue weighted by molar-refractivity contribution is -0.134. The molecule has 6 heteroatoms. The number of halogens is 1. The second-order valence-corrected chi connectivity index (χ2v) is 5.75. The molecule has 0 aromatic heterocycles. The highest BCUT2D eigenvalue weighted by Gasteiger charge is 2.50. The molecule has 1 aliphatic heterocycles. The monoisotopic (exact) mass is 276 g/mol. The summed E-state index contributed by atoms with van der Waals surface area (Å²) in [6.07, 6.45) is -3.16. The molecule has 2 N–H and O–H groups in total. The van der Waals surface area contributed by atoms with Crippen LogP contribution < -0.4 is 0 Å². The zero-order valence-corrected chi connectivity index (χ0v) is 11.3. The van der Waals surface area contributed by atoms with Gasteiger partial charge in [-0.15, -0.1) is 11.6 Å². The van der Waals surface area contributed by atoms with Gasteiger partial charge < -0.3 is 19.7 Å². The van der Waals surface area contributed by atoms with Gasteiger partial charge in [-0.3, -0.25) is 4.79 Å². The first kappa shape index (κ1) is 13.8. The lowest BCUT2D eigenvalue weighted by atomic mass is 9.81. The summed E-state index contributed by atoms with van der Waals surface area (Å²) in [6, 6.07) is 0. The van der Waals surface area contributed by atoms with Crippen molar-refractivity contribution in [2.24, 2.45) is 0 Å². The van der Waals surface area contributed by atoms with Crippen LogP contribution in [-0.4, -0.2) is 52.4 Å². The van der Waals surface area contributed by atoms with Gasteiger partial charge in [0.05, 0.1) is 12.0 Å². The molecule has 2 aliphatic rings. The normalized spacial score (nSPS) is 39.3. The molecule has 5 nitrogen and oxygen atoms in total. The van der Waals surface area contributed by atoms with Gasteiger partial charge in [0.1, 0.15) is 35.0 Å². The summed E-state index contributed by atoms with van der Waals surface area (Å²) in [4.78, 5) is 12.1. The van der Waals surface area contributed by atoms with Crippen LogP contribution >= 0.6 is 11.6 Å². The van der Waals surface area contributed by atoms with Crippen molar-refractivity contribution < 1.29 is 24.5 Å². The summed E-state index contributed by atoms with van der Waals surface area (Å²) in [7, 11) is 1.37. The Morgan fingerprint density at radius 1 is 1.39 bits per heavy atom. The van der Waals surface area contributed by atoms with Crippen LogP contribution in [0.5, 0.6) is 0 Å². The summed E-state index contributed by atoms with van der Waals surface area (Å²) in [5.74, 6) is 0.0623. The van der Waals surface area contributed by atoms with Crippen LogP contribution in [0, 0.1) is 0 Å². The fourth-order valence-electron chi connectivity index (χ4n) is 2.45. The Bertz CT molecular complexity index is 403. The van der Waals surface area contributed by atoms with Crippen molar-refractivity contribution in [3.8, 4) is 0 Å². The molecule has 4 atom stereocenters. The van der Waals surface area contributed by atoms with Gasteiger partial charge in [-0.2, -0.15) is 0 Å². The van der Waals surface area contributed by atoms with Gasteiger partial charge in [0.25, 0.3) is 0 Å². The molecule has 0 radical (unpaired) electrons. The Balaban J connectivity index is 2.50. The number of alkyl halides is 1. The van der Waals surface area contributed by atoms with Gasteiger partial charge in [0.2, 0.25) is 0 Å². The van der Waals surface area contributed by atoms with Crippen molar-refractivity contribution in [3.63, 3.8) is 0 Å². The van der Waals surface area contributed by atoms with Gasteiger partial charge in [-0.05, 0) is 13.8 Å². The van der Waals surface area contributed by atoms with Crippen molar-refractivity contribution in [3.05, 3.63) is 11.3 Å². The van der Waals surface area contributed by atoms with Crippen molar-refractivity contribution in [2.45, 2.75) is 49.6 Å². The predicted molar refractivity (Wildman–Crippen MR) is 64.3 cm³/mol. The Kier molecular flexibility index (Phi) is 3.44. The first-order valence-corrected chi connectivity index (χ1v) is 6.21. The first-order valence-electron chi connectivity index (χ1n) is 5.78. The van der Waals surface area contributed by atoms with Gasteiger partial charge in [-0.25, -0.2) is 0 Å². The second-order valence-electron chi connectivity index (χ2n) is 5.28. The molecule has 2 rings (SSSR count). The zero-order chi connectivity index (χ0) is 13.7. The van der Waals surface area contributed by atoms with E-state index in [4.69, 9.17) is 21.1 Å². The highest BCUT2D eigenvalue weighted by atomic mass is 35.5. The Morgan fingerprint density at radius 3 is 2.56 bits per heavy atom. The van der Waals surface area contributed by atoms with Crippen LogP contribution in [0.4, 0.5) is 0 Å². The number of carbonyl (C=O) groups excluding carboxylic acids is 1. The number of hydrogen-bond donors (Lipinski definition) is 2. The van der Waals surface area contributed by atoms with E-state index in [0.717, 1.165) is 0 Å². The maximum Gasteiger partial charge on any atom is 0.168 e. The molecule has 1 heterocycles. The standard InChI is InChI=1S/C12H17ClO5/c1-12(2)4-5(14)6-10(18-12)7(13)8(15)9(16)11(6)17-3/h7-9,11,15-16H,4H2,1-3H3/t7-,8-,9+,11-/m0/s1. The van der Waals surface area contributed by atoms with Crippen molar-refractivity contribution >= 4 is 17.4 Å². The van der Waals surface area contributed by atoms with Crippen LogP contribution in [0.25, 0.3) is 0 Å². The maximum atomic E-state index is 12.1. The summed E-state index contributed by atoms with van der Waals surface area (Å²) in [6.45, 7) is 3.55. The molecule has 0 amide bonds.